The number of hydrogen-bond acceptors (Lipinski definition) is 4. The Morgan fingerprint density at radius 2 is 2.04 bits per heavy atom. The van der Waals surface area contributed by atoms with Gasteiger partial charge in [0.15, 0.2) is 0 Å². The first kappa shape index (κ1) is 15.5. The third kappa shape index (κ3) is 2.58. The Morgan fingerprint density at radius 3 is 2.83 bits per heavy atom. The predicted molar refractivity (Wildman–Crippen MR) is 98.6 cm³/mol. The Kier molecular flexibility index (Phi) is 3.77. The molecule has 0 aliphatic carbocycles. The lowest BCUT2D eigenvalue weighted by Crippen LogP contribution is -2.38. The molecule has 124 valence electrons. The van der Waals surface area contributed by atoms with Crippen molar-refractivity contribution >= 4 is 21.6 Å². The summed E-state index contributed by atoms with van der Waals surface area (Å²) in [6, 6.07) is 9.05. The van der Waals surface area contributed by atoms with Crippen molar-refractivity contribution in [2.24, 2.45) is 0 Å². The Bertz CT molecular complexity index is 972. The van der Waals surface area contributed by atoms with Crippen molar-refractivity contribution in [1.29, 1.82) is 0 Å². The lowest BCUT2D eigenvalue weighted by atomic mass is 9.95. The Labute approximate surface area is 145 Å². The van der Waals surface area contributed by atoms with Gasteiger partial charge in [0.25, 0.3) is 5.56 Å². The van der Waals surface area contributed by atoms with Crippen molar-refractivity contribution < 1.29 is 0 Å². The fourth-order valence-corrected chi connectivity index (χ4v) is 4.56. The summed E-state index contributed by atoms with van der Waals surface area (Å²) < 4.78 is 0. The lowest BCUT2D eigenvalue weighted by molar-refractivity contribution is 0.171. The third-order valence-corrected chi connectivity index (χ3v) is 6.17. The third-order valence-electron chi connectivity index (χ3n) is 5.07. The second-order valence-corrected chi connectivity index (χ2v) is 7.91. The van der Waals surface area contributed by atoms with Gasteiger partial charge in [-0.05, 0) is 43.9 Å². The van der Waals surface area contributed by atoms with Gasteiger partial charge in [-0.1, -0.05) is 24.3 Å². The molecule has 24 heavy (non-hydrogen) atoms. The van der Waals surface area contributed by atoms with Gasteiger partial charge >= 0.3 is 0 Å². The van der Waals surface area contributed by atoms with Gasteiger partial charge in [-0.2, -0.15) is 0 Å². The topological polar surface area (TPSA) is 49.0 Å². The number of thiophene rings is 1. The van der Waals surface area contributed by atoms with E-state index in [9.17, 15) is 4.79 Å². The SMILES string of the molecule is Cc1sc2nc(CN3Cc4ccccc4CC3C)[nH]c(=O)c2c1C. The highest BCUT2D eigenvalue weighted by Crippen LogP contribution is 2.27. The minimum absolute atomic E-state index is 0.0121. The quantitative estimate of drug-likeness (QED) is 0.777. The van der Waals surface area contributed by atoms with Crippen molar-refractivity contribution in [2.75, 3.05) is 0 Å². The summed E-state index contributed by atoms with van der Waals surface area (Å²) in [5.41, 5.74) is 3.85. The van der Waals surface area contributed by atoms with E-state index in [1.807, 2.05) is 13.8 Å². The number of fused-ring (bicyclic) bond motifs is 2. The van der Waals surface area contributed by atoms with Crippen molar-refractivity contribution in [1.82, 2.24) is 14.9 Å². The highest BCUT2D eigenvalue weighted by atomic mass is 32.1. The smallest absolute Gasteiger partial charge is 0.259 e. The Morgan fingerprint density at radius 1 is 1.29 bits per heavy atom. The molecule has 0 fully saturated rings. The van der Waals surface area contributed by atoms with Gasteiger partial charge in [-0.25, -0.2) is 4.98 Å². The van der Waals surface area contributed by atoms with E-state index < -0.39 is 0 Å². The van der Waals surface area contributed by atoms with Gasteiger partial charge in [0.1, 0.15) is 10.7 Å². The molecular formula is C19H21N3OS. The van der Waals surface area contributed by atoms with Crippen LogP contribution in [0, 0.1) is 13.8 Å². The number of aromatic amines is 1. The van der Waals surface area contributed by atoms with E-state index in [1.54, 1.807) is 11.3 Å². The van der Waals surface area contributed by atoms with Gasteiger partial charge < -0.3 is 4.98 Å². The maximum absolute atomic E-state index is 12.4. The first-order chi connectivity index (χ1) is 11.5. The van der Waals surface area contributed by atoms with Crippen LogP contribution in [0.4, 0.5) is 0 Å². The van der Waals surface area contributed by atoms with E-state index in [0.29, 0.717) is 12.6 Å². The minimum Gasteiger partial charge on any atom is -0.309 e. The molecule has 4 nitrogen and oxygen atoms in total. The summed E-state index contributed by atoms with van der Waals surface area (Å²) in [5, 5.41) is 0.748. The van der Waals surface area contributed by atoms with Gasteiger partial charge in [0.2, 0.25) is 0 Å². The summed E-state index contributed by atoms with van der Waals surface area (Å²) in [6.07, 6.45) is 1.04. The lowest BCUT2D eigenvalue weighted by Gasteiger charge is -2.34. The minimum atomic E-state index is -0.0121. The molecule has 1 unspecified atom stereocenters. The van der Waals surface area contributed by atoms with E-state index in [-0.39, 0.29) is 5.56 Å². The van der Waals surface area contributed by atoms with E-state index >= 15 is 0 Å². The molecule has 1 aliphatic rings. The van der Waals surface area contributed by atoms with Crippen LogP contribution < -0.4 is 5.56 Å². The molecule has 0 radical (unpaired) electrons. The number of rotatable bonds is 2. The van der Waals surface area contributed by atoms with Crippen LogP contribution in [-0.2, 0) is 19.5 Å². The van der Waals surface area contributed by atoms with Crippen LogP contribution in [0.3, 0.4) is 0 Å². The number of nitrogens with one attached hydrogen (secondary N) is 1. The summed E-state index contributed by atoms with van der Waals surface area (Å²) in [5.74, 6) is 0.764. The molecule has 1 aliphatic heterocycles. The normalized spacial score (nSPS) is 18.0. The zero-order chi connectivity index (χ0) is 16.8. The van der Waals surface area contributed by atoms with Gasteiger partial charge in [0, 0.05) is 17.5 Å². The number of nitrogens with zero attached hydrogens (tertiary/aromatic N) is 2. The molecule has 0 saturated carbocycles. The average molecular weight is 339 g/mol. The molecule has 1 aromatic carbocycles. The molecule has 5 heteroatoms. The largest absolute Gasteiger partial charge is 0.309 e. The molecule has 3 aromatic rings. The van der Waals surface area contributed by atoms with Gasteiger partial charge in [-0.15, -0.1) is 11.3 Å². The first-order valence-corrected chi connectivity index (χ1v) is 9.14. The highest BCUT2D eigenvalue weighted by Gasteiger charge is 2.23. The second-order valence-electron chi connectivity index (χ2n) is 6.70. The molecule has 3 heterocycles. The zero-order valence-corrected chi connectivity index (χ0v) is 15.0. The molecule has 2 aromatic heterocycles. The van der Waals surface area contributed by atoms with Crippen LogP contribution in [0.5, 0.6) is 0 Å². The molecular weight excluding hydrogens is 318 g/mol. The van der Waals surface area contributed by atoms with E-state index in [2.05, 4.69) is 41.1 Å². The van der Waals surface area contributed by atoms with Crippen LogP contribution in [-0.4, -0.2) is 20.9 Å². The fourth-order valence-electron chi connectivity index (χ4n) is 3.51. The maximum atomic E-state index is 12.4. The van der Waals surface area contributed by atoms with E-state index in [4.69, 9.17) is 4.98 Å². The number of hydrogen-bond donors (Lipinski definition) is 1. The summed E-state index contributed by atoms with van der Waals surface area (Å²) in [4.78, 5) is 24.6. The summed E-state index contributed by atoms with van der Waals surface area (Å²) >= 11 is 1.61. The van der Waals surface area contributed by atoms with Crippen LogP contribution in [0.2, 0.25) is 0 Å². The number of aryl methyl sites for hydroxylation is 2. The molecule has 0 bridgehead atoms. The maximum Gasteiger partial charge on any atom is 0.259 e. The predicted octanol–water partition coefficient (Wildman–Crippen LogP) is 3.55. The number of aromatic nitrogens is 2. The monoisotopic (exact) mass is 339 g/mol. The van der Waals surface area contributed by atoms with Crippen molar-refractivity contribution in [3.63, 3.8) is 0 Å². The van der Waals surface area contributed by atoms with Gasteiger partial charge in [-0.3, -0.25) is 9.69 Å². The highest BCUT2D eigenvalue weighted by molar-refractivity contribution is 7.18. The van der Waals surface area contributed by atoms with Gasteiger partial charge in [0.05, 0.1) is 11.9 Å². The standard InChI is InChI=1S/C19H21N3OS/c1-11-8-14-6-4-5-7-15(14)9-22(11)10-16-20-18(23)17-12(2)13(3)24-19(17)21-16/h4-7,11H,8-10H2,1-3H3,(H,20,21,23). The molecule has 1 N–H and O–H groups in total. The number of benzene rings is 1. The first-order valence-electron chi connectivity index (χ1n) is 8.32. The molecule has 4 rings (SSSR count). The molecule has 0 spiro atoms. The average Bonchev–Trinajstić information content (AvgIpc) is 2.83. The molecule has 1 atom stereocenters. The molecule has 0 amide bonds. The van der Waals surface area contributed by atoms with Crippen LogP contribution in [0.25, 0.3) is 10.2 Å². The Hall–Kier alpha value is -1.98. The van der Waals surface area contributed by atoms with E-state index in [1.165, 1.54) is 16.0 Å². The van der Waals surface area contributed by atoms with Crippen molar-refractivity contribution in [2.45, 2.75) is 46.3 Å². The summed E-state index contributed by atoms with van der Waals surface area (Å²) in [6.45, 7) is 7.86. The zero-order valence-electron chi connectivity index (χ0n) is 14.2. The molecule has 0 saturated heterocycles. The second kappa shape index (κ2) is 5.83. The van der Waals surface area contributed by atoms with Crippen LogP contribution >= 0.6 is 11.3 Å². The van der Waals surface area contributed by atoms with E-state index in [0.717, 1.165) is 34.6 Å². The summed E-state index contributed by atoms with van der Waals surface area (Å²) in [7, 11) is 0. The van der Waals surface area contributed by atoms with Crippen molar-refractivity contribution in [3.05, 3.63) is 62.0 Å². The Balaban J connectivity index is 1.66. The number of H-pyrrole nitrogens is 1. The van der Waals surface area contributed by atoms with Crippen LogP contribution in [0.15, 0.2) is 29.1 Å². The van der Waals surface area contributed by atoms with Crippen LogP contribution in [0.1, 0.15) is 34.3 Å². The van der Waals surface area contributed by atoms with Crippen molar-refractivity contribution in [3.8, 4) is 0 Å². The fraction of sp³-hybridized carbons (Fsp3) is 0.368.